The highest BCUT2D eigenvalue weighted by Gasteiger charge is 2.20. The first-order valence-corrected chi connectivity index (χ1v) is 8.62. The second kappa shape index (κ2) is 10.2. The number of hydrogen-bond donors (Lipinski definition) is 2. The van der Waals surface area contributed by atoms with Crippen LogP contribution in [-0.4, -0.2) is 38.8 Å². The number of guanidine groups is 1. The van der Waals surface area contributed by atoms with E-state index in [1.54, 1.807) is 0 Å². The zero-order valence-electron chi connectivity index (χ0n) is 14.0. The summed E-state index contributed by atoms with van der Waals surface area (Å²) in [6.07, 6.45) is 4.46. The lowest BCUT2D eigenvalue weighted by molar-refractivity contribution is 0.123. The summed E-state index contributed by atoms with van der Waals surface area (Å²) < 4.78 is 18.5. The fourth-order valence-corrected chi connectivity index (χ4v) is 2.21. The maximum atomic E-state index is 12.9. The molecule has 5 heteroatoms. The van der Waals surface area contributed by atoms with Gasteiger partial charge in [0.1, 0.15) is 5.82 Å². The molecule has 0 heterocycles. The van der Waals surface area contributed by atoms with Crippen molar-refractivity contribution in [2.75, 3.05) is 32.8 Å². The standard InChI is InChI=1S/C18H28FN3O/c1-2-20-18(21-11-3-13-23-14-16-4-5-16)22-12-10-15-6-8-17(19)9-7-15/h6-9,16H,2-5,10-14H2,1H3,(H2,20,21,22). The third-order valence-electron chi connectivity index (χ3n) is 3.73. The molecule has 1 aliphatic rings. The van der Waals surface area contributed by atoms with Crippen molar-refractivity contribution >= 4 is 5.96 Å². The van der Waals surface area contributed by atoms with Gasteiger partial charge in [0.05, 0.1) is 0 Å². The van der Waals surface area contributed by atoms with Gasteiger partial charge in [-0.25, -0.2) is 4.39 Å². The van der Waals surface area contributed by atoms with Crippen LogP contribution in [0.1, 0.15) is 31.7 Å². The van der Waals surface area contributed by atoms with Gasteiger partial charge in [0.25, 0.3) is 0 Å². The van der Waals surface area contributed by atoms with Crippen molar-refractivity contribution in [3.05, 3.63) is 35.6 Å². The first kappa shape index (κ1) is 17.7. The molecular formula is C18H28FN3O. The number of ether oxygens (including phenoxy) is 1. The number of hydrogen-bond acceptors (Lipinski definition) is 2. The molecule has 1 aromatic carbocycles. The fraction of sp³-hybridized carbons (Fsp3) is 0.611. The summed E-state index contributed by atoms with van der Waals surface area (Å²) in [5, 5.41) is 6.54. The molecule has 1 fully saturated rings. The van der Waals surface area contributed by atoms with Gasteiger partial charge in [0, 0.05) is 32.8 Å². The molecule has 23 heavy (non-hydrogen) atoms. The van der Waals surface area contributed by atoms with Crippen LogP contribution >= 0.6 is 0 Å². The molecule has 0 amide bonds. The van der Waals surface area contributed by atoms with Gasteiger partial charge in [-0.15, -0.1) is 0 Å². The van der Waals surface area contributed by atoms with Crippen LogP contribution in [0.2, 0.25) is 0 Å². The van der Waals surface area contributed by atoms with Gasteiger partial charge < -0.3 is 15.4 Å². The zero-order valence-corrected chi connectivity index (χ0v) is 14.0. The molecule has 0 aliphatic heterocycles. The summed E-state index contributed by atoms with van der Waals surface area (Å²) in [5.41, 5.74) is 1.11. The first-order valence-electron chi connectivity index (χ1n) is 8.62. The topological polar surface area (TPSA) is 45.7 Å². The van der Waals surface area contributed by atoms with Crippen LogP contribution in [0, 0.1) is 11.7 Å². The summed E-state index contributed by atoms with van der Waals surface area (Å²) in [7, 11) is 0. The van der Waals surface area contributed by atoms with E-state index in [9.17, 15) is 4.39 Å². The summed E-state index contributed by atoms with van der Waals surface area (Å²) in [5.74, 6) is 1.46. The molecule has 0 aromatic heterocycles. The lowest BCUT2D eigenvalue weighted by Crippen LogP contribution is -2.38. The van der Waals surface area contributed by atoms with Gasteiger partial charge in [-0.1, -0.05) is 12.1 Å². The Morgan fingerprint density at radius 1 is 1.26 bits per heavy atom. The molecule has 2 rings (SSSR count). The van der Waals surface area contributed by atoms with Crippen LogP contribution in [0.3, 0.4) is 0 Å². The van der Waals surface area contributed by atoms with E-state index in [-0.39, 0.29) is 5.82 Å². The van der Waals surface area contributed by atoms with Gasteiger partial charge in [-0.3, -0.25) is 4.99 Å². The molecule has 0 atom stereocenters. The second-order valence-corrected chi connectivity index (χ2v) is 5.94. The Kier molecular flexibility index (Phi) is 7.87. The van der Waals surface area contributed by atoms with E-state index in [4.69, 9.17) is 4.74 Å². The van der Waals surface area contributed by atoms with Gasteiger partial charge in [0.15, 0.2) is 5.96 Å². The lowest BCUT2D eigenvalue weighted by Gasteiger charge is -2.11. The molecule has 0 saturated heterocycles. The smallest absolute Gasteiger partial charge is 0.191 e. The average molecular weight is 321 g/mol. The molecule has 1 aromatic rings. The third kappa shape index (κ3) is 7.98. The SMILES string of the molecule is CCNC(=NCCCOCC1CC1)NCCc1ccc(F)cc1. The minimum Gasteiger partial charge on any atom is -0.381 e. The van der Waals surface area contributed by atoms with Crippen LogP contribution in [0.15, 0.2) is 29.3 Å². The molecule has 2 N–H and O–H groups in total. The maximum absolute atomic E-state index is 12.9. The Morgan fingerprint density at radius 3 is 2.74 bits per heavy atom. The van der Waals surface area contributed by atoms with Crippen molar-refractivity contribution in [2.24, 2.45) is 10.9 Å². The molecule has 4 nitrogen and oxygen atoms in total. The predicted molar refractivity (Wildman–Crippen MR) is 92.2 cm³/mol. The predicted octanol–water partition coefficient (Wildman–Crippen LogP) is 2.74. The van der Waals surface area contributed by atoms with E-state index in [0.717, 1.165) is 63.1 Å². The van der Waals surface area contributed by atoms with Gasteiger partial charge >= 0.3 is 0 Å². The van der Waals surface area contributed by atoms with Crippen molar-refractivity contribution in [3.63, 3.8) is 0 Å². The van der Waals surface area contributed by atoms with Crippen molar-refractivity contribution < 1.29 is 9.13 Å². The number of benzene rings is 1. The van der Waals surface area contributed by atoms with E-state index >= 15 is 0 Å². The van der Waals surface area contributed by atoms with E-state index in [1.807, 2.05) is 12.1 Å². The lowest BCUT2D eigenvalue weighted by atomic mass is 10.1. The Hall–Kier alpha value is -1.62. The molecule has 128 valence electrons. The quantitative estimate of drug-likeness (QED) is 0.396. The summed E-state index contributed by atoms with van der Waals surface area (Å²) >= 11 is 0. The fourth-order valence-electron chi connectivity index (χ4n) is 2.21. The first-order chi connectivity index (χ1) is 11.3. The normalized spacial score (nSPS) is 14.8. The monoisotopic (exact) mass is 321 g/mol. The number of nitrogens with one attached hydrogen (secondary N) is 2. The zero-order chi connectivity index (χ0) is 16.3. The van der Waals surface area contributed by atoms with Crippen LogP contribution < -0.4 is 10.6 Å². The van der Waals surface area contributed by atoms with E-state index in [1.165, 1.54) is 25.0 Å². The van der Waals surface area contributed by atoms with E-state index in [0.29, 0.717) is 0 Å². The van der Waals surface area contributed by atoms with Crippen LogP contribution in [0.4, 0.5) is 4.39 Å². The molecular weight excluding hydrogens is 293 g/mol. The highest BCUT2D eigenvalue weighted by atomic mass is 19.1. The summed E-state index contributed by atoms with van der Waals surface area (Å²) in [6, 6.07) is 6.63. The van der Waals surface area contributed by atoms with Crippen LogP contribution in [-0.2, 0) is 11.2 Å². The van der Waals surface area contributed by atoms with E-state index < -0.39 is 0 Å². The minimum atomic E-state index is -0.194. The van der Waals surface area contributed by atoms with Crippen molar-refractivity contribution in [3.8, 4) is 0 Å². The van der Waals surface area contributed by atoms with Gasteiger partial charge in [-0.05, 0) is 56.2 Å². The van der Waals surface area contributed by atoms with Crippen LogP contribution in [0.5, 0.6) is 0 Å². The Bertz CT molecular complexity index is 472. The molecule has 1 aliphatic carbocycles. The van der Waals surface area contributed by atoms with Crippen molar-refractivity contribution in [2.45, 2.75) is 32.6 Å². The molecule has 0 radical (unpaired) electrons. The molecule has 0 unspecified atom stereocenters. The number of rotatable bonds is 10. The minimum absolute atomic E-state index is 0.194. The third-order valence-corrected chi connectivity index (χ3v) is 3.73. The second-order valence-electron chi connectivity index (χ2n) is 5.94. The molecule has 1 saturated carbocycles. The Morgan fingerprint density at radius 2 is 2.04 bits per heavy atom. The number of nitrogens with zero attached hydrogens (tertiary/aromatic N) is 1. The molecule has 0 bridgehead atoms. The van der Waals surface area contributed by atoms with Gasteiger partial charge in [-0.2, -0.15) is 0 Å². The number of aliphatic imine (C=N–C) groups is 1. The maximum Gasteiger partial charge on any atom is 0.191 e. The highest BCUT2D eigenvalue weighted by Crippen LogP contribution is 2.28. The Balaban J connectivity index is 1.60. The number of halogens is 1. The van der Waals surface area contributed by atoms with E-state index in [2.05, 4.69) is 22.5 Å². The largest absolute Gasteiger partial charge is 0.381 e. The Labute approximate surface area is 138 Å². The van der Waals surface area contributed by atoms with Crippen molar-refractivity contribution in [1.82, 2.24) is 10.6 Å². The highest BCUT2D eigenvalue weighted by molar-refractivity contribution is 5.79. The molecule has 0 spiro atoms. The summed E-state index contributed by atoms with van der Waals surface area (Å²) in [4.78, 5) is 4.55. The van der Waals surface area contributed by atoms with Crippen molar-refractivity contribution in [1.29, 1.82) is 0 Å². The van der Waals surface area contributed by atoms with Gasteiger partial charge in [0.2, 0.25) is 0 Å². The average Bonchev–Trinajstić information content (AvgIpc) is 3.37. The van der Waals surface area contributed by atoms with Crippen LogP contribution in [0.25, 0.3) is 0 Å². The summed E-state index contributed by atoms with van der Waals surface area (Å²) in [6.45, 7) is 6.12.